The summed E-state index contributed by atoms with van der Waals surface area (Å²) in [5, 5.41) is 3.05. The standard InChI is InChI=1S/C15H13NO2/c1-16-9-3-5-11-13-8-10(18-2)4-6-12(13)15(17)14(11)7-9/h3-8,16H,1-2H3. The van der Waals surface area contributed by atoms with Crippen LogP contribution in [0, 0.1) is 0 Å². The van der Waals surface area contributed by atoms with Crippen molar-refractivity contribution in [3.05, 3.63) is 47.5 Å². The molecule has 1 N–H and O–H groups in total. The zero-order chi connectivity index (χ0) is 12.7. The molecule has 3 rings (SSSR count). The van der Waals surface area contributed by atoms with Crippen LogP contribution in [0.3, 0.4) is 0 Å². The molecule has 0 saturated heterocycles. The summed E-state index contributed by atoms with van der Waals surface area (Å²) in [6, 6.07) is 11.4. The summed E-state index contributed by atoms with van der Waals surface area (Å²) < 4.78 is 5.21. The van der Waals surface area contributed by atoms with Gasteiger partial charge in [0.2, 0.25) is 0 Å². The molecule has 0 bridgehead atoms. The molecular formula is C15H13NO2. The van der Waals surface area contributed by atoms with E-state index in [9.17, 15) is 4.79 Å². The lowest BCUT2D eigenvalue weighted by molar-refractivity contribution is 0.104. The quantitative estimate of drug-likeness (QED) is 0.747. The highest BCUT2D eigenvalue weighted by Crippen LogP contribution is 2.39. The van der Waals surface area contributed by atoms with E-state index < -0.39 is 0 Å². The summed E-state index contributed by atoms with van der Waals surface area (Å²) in [5.41, 5.74) is 4.39. The molecule has 0 fully saturated rings. The van der Waals surface area contributed by atoms with Gasteiger partial charge in [0.25, 0.3) is 0 Å². The number of hydrogen-bond donors (Lipinski definition) is 1. The minimum atomic E-state index is 0.0831. The fraction of sp³-hybridized carbons (Fsp3) is 0.133. The van der Waals surface area contributed by atoms with Crippen LogP contribution < -0.4 is 10.1 Å². The van der Waals surface area contributed by atoms with Crippen molar-refractivity contribution >= 4 is 11.5 Å². The summed E-state index contributed by atoms with van der Waals surface area (Å²) in [4.78, 5) is 12.3. The zero-order valence-electron chi connectivity index (χ0n) is 10.3. The Bertz CT molecular complexity index is 647. The van der Waals surface area contributed by atoms with Crippen molar-refractivity contribution in [3.63, 3.8) is 0 Å². The van der Waals surface area contributed by atoms with E-state index >= 15 is 0 Å². The van der Waals surface area contributed by atoms with Crippen molar-refractivity contribution in [1.29, 1.82) is 0 Å². The molecule has 0 atom stereocenters. The number of fused-ring (bicyclic) bond motifs is 3. The van der Waals surface area contributed by atoms with Crippen LogP contribution in [-0.4, -0.2) is 19.9 Å². The van der Waals surface area contributed by atoms with E-state index in [0.29, 0.717) is 0 Å². The predicted octanol–water partition coefficient (Wildman–Crippen LogP) is 2.95. The number of ketones is 1. The topological polar surface area (TPSA) is 38.3 Å². The van der Waals surface area contributed by atoms with Crippen LogP contribution in [0.2, 0.25) is 0 Å². The Balaban J connectivity index is 2.23. The van der Waals surface area contributed by atoms with Gasteiger partial charge in [0.15, 0.2) is 5.78 Å². The van der Waals surface area contributed by atoms with E-state index in [2.05, 4.69) is 5.32 Å². The van der Waals surface area contributed by atoms with Crippen LogP contribution in [-0.2, 0) is 0 Å². The maximum absolute atomic E-state index is 12.3. The van der Waals surface area contributed by atoms with Crippen molar-refractivity contribution in [3.8, 4) is 16.9 Å². The van der Waals surface area contributed by atoms with E-state index in [4.69, 9.17) is 4.74 Å². The molecule has 3 nitrogen and oxygen atoms in total. The van der Waals surface area contributed by atoms with Gasteiger partial charge >= 0.3 is 0 Å². The first kappa shape index (κ1) is 10.8. The number of carbonyl (C=O) groups is 1. The second kappa shape index (κ2) is 3.88. The van der Waals surface area contributed by atoms with E-state index in [-0.39, 0.29) is 5.78 Å². The van der Waals surface area contributed by atoms with Crippen LogP contribution in [0.25, 0.3) is 11.1 Å². The lowest BCUT2D eigenvalue weighted by Gasteiger charge is -2.04. The Hall–Kier alpha value is -2.29. The van der Waals surface area contributed by atoms with Crippen LogP contribution in [0.5, 0.6) is 5.75 Å². The number of methoxy groups -OCH3 is 1. The Kier molecular flexibility index (Phi) is 2.33. The molecule has 0 heterocycles. The molecule has 1 aliphatic rings. The lowest BCUT2D eigenvalue weighted by Crippen LogP contribution is -1.96. The highest BCUT2D eigenvalue weighted by molar-refractivity contribution is 6.22. The third-order valence-corrected chi connectivity index (χ3v) is 3.31. The van der Waals surface area contributed by atoms with Crippen molar-refractivity contribution in [2.45, 2.75) is 0 Å². The Morgan fingerprint density at radius 3 is 2.44 bits per heavy atom. The average molecular weight is 239 g/mol. The lowest BCUT2D eigenvalue weighted by atomic mass is 10.1. The fourth-order valence-electron chi connectivity index (χ4n) is 2.34. The number of carbonyl (C=O) groups excluding carboxylic acids is 1. The summed E-state index contributed by atoms with van der Waals surface area (Å²) >= 11 is 0. The summed E-state index contributed by atoms with van der Waals surface area (Å²) in [6.45, 7) is 0. The van der Waals surface area contributed by atoms with Gasteiger partial charge in [-0.15, -0.1) is 0 Å². The number of anilines is 1. The molecule has 2 aromatic carbocycles. The van der Waals surface area contributed by atoms with Gasteiger partial charge in [-0.2, -0.15) is 0 Å². The largest absolute Gasteiger partial charge is 0.497 e. The summed E-state index contributed by atoms with van der Waals surface area (Å²) in [6.07, 6.45) is 0. The molecule has 0 amide bonds. The number of ether oxygens (including phenoxy) is 1. The van der Waals surface area contributed by atoms with Gasteiger partial charge in [-0.05, 0) is 41.5 Å². The van der Waals surface area contributed by atoms with Gasteiger partial charge in [0, 0.05) is 23.9 Å². The zero-order valence-corrected chi connectivity index (χ0v) is 10.3. The second-order valence-corrected chi connectivity index (χ2v) is 4.25. The molecule has 0 radical (unpaired) electrons. The minimum absolute atomic E-state index is 0.0831. The average Bonchev–Trinajstić information content (AvgIpc) is 2.71. The van der Waals surface area contributed by atoms with Crippen molar-refractivity contribution in [2.24, 2.45) is 0 Å². The number of rotatable bonds is 2. The third kappa shape index (κ3) is 1.40. The predicted molar refractivity (Wildman–Crippen MR) is 71.4 cm³/mol. The van der Waals surface area contributed by atoms with E-state index in [1.54, 1.807) is 7.11 Å². The first-order valence-electron chi connectivity index (χ1n) is 5.79. The smallest absolute Gasteiger partial charge is 0.194 e. The normalized spacial score (nSPS) is 12.0. The molecule has 90 valence electrons. The molecule has 1 aliphatic carbocycles. The Morgan fingerprint density at radius 1 is 0.944 bits per heavy atom. The molecule has 3 heteroatoms. The second-order valence-electron chi connectivity index (χ2n) is 4.25. The Morgan fingerprint density at radius 2 is 1.72 bits per heavy atom. The highest BCUT2D eigenvalue weighted by Gasteiger charge is 2.27. The summed E-state index contributed by atoms with van der Waals surface area (Å²) in [5.74, 6) is 0.854. The van der Waals surface area contributed by atoms with E-state index in [1.807, 2.05) is 43.4 Å². The van der Waals surface area contributed by atoms with Crippen LogP contribution >= 0.6 is 0 Å². The molecule has 2 aromatic rings. The minimum Gasteiger partial charge on any atom is -0.497 e. The van der Waals surface area contributed by atoms with E-state index in [1.165, 1.54) is 0 Å². The molecule has 0 aromatic heterocycles. The maximum atomic E-state index is 12.3. The third-order valence-electron chi connectivity index (χ3n) is 3.31. The Labute approximate surface area is 105 Å². The number of hydrogen-bond acceptors (Lipinski definition) is 3. The van der Waals surface area contributed by atoms with Crippen molar-refractivity contribution in [1.82, 2.24) is 0 Å². The molecule has 18 heavy (non-hydrogen) atoms. The van der Waals surface area contributed by atoms with Crippen LogP contribution in [0.15, 0.2) is 36.4 Å². The van der Waals surface area contributed by atoms with Gasteiger partial charge in [0.05, 0.1) is 7.11 Å². The van der Waals surface area contributed by atoms with Crippen LogP contribution in [0.1, 0.15) is 15.9 Å². The molecule has 0 saturated carbocycles. The first-order chi connectivity index (χ1) is 8.74. The SMILES string of the molecule is CNc1ccc2c(c1)C(=O)c1ccc(OC)cc1-2. The van der Waals surface area contributed by atoms with Gasteiger partial charge in [-0.3, -0.25) is 4.79 Å². The van der Waals surface area contributed by atoms with Gasteiger partial charge in [0.1, 0.15) is 5.75 Å². The van der Waals surface area contributed by atoms with E-state index in [0.717, 1.165) is 33.7 Å². The molecular weight excluding hydrogens is 226 g/mol. The maximum Gasteiger partial charge on any atom is 0.194 e. The van der Waals surface area contributed by atoms with Crippen LogP contribution in [0.4, 0.5) is 5.69 Å². The molecule has 0 spiro atoms. The molecule has 0 aliphatic heterocycles. The fourth-order valence-corrected chi connectivity index (χ4v) is 2.34. The van der Waals surface area contributed by atoms with Crippen molar-refractivity contribution in [2.75, 3.05) is 19.5 Å². The van der Waals surface area contributed by atoms with Crippen molar-refractivity contribution < 1.29 is 9.53 Å². The van der Waals surface area contributed by atoms with Gasteiger partial charge in [-0.1, -0.05) is 6.07 Å². The van der Waals surface area contributed by atoms with Gasteiger partial charge < -0.3 is 10.1 Å². The van der Waals surface area contributed by atoms with Gasteiger partial charge in [-0.25, -0.2) is 0 Å². The summed E-state index contributed by atoms with van der Waals surface area (Å²) in [7, 11) is 3.47. The monoisotopic (exact) mass is 239 g/mol. The number of benzene rings is 2. The highest BCUT2D eigenvalue weighted by atomic mass is 16.5. The molecule has 0 unspecified atom stereocenters. The first-order valence-corrected chi connectivity index (χ1v) is 5.79. The number of nitrogens with one attached hydrogen (secondary N) is 1.